The topological polar surface area (TPSA) is 97.4 Å². The first-order chi connectivity index (χ1) is 14.2. The third-order valence-corrected chi connectivity index (χ3v) is 5.05. The van der Waals surface area contributed by atoms with Crippen molar-refractivity contribution in [2.45, 2.75) is 6.92 Å². The van der Waals surface area contributed by atoms with E-state index < -0.39 is 10.8 Å². The molecule has 0 radical (unpaired) electrons. The van der Waals surface area contributed by atoms with Crippen LogP contribution in [-0.2, 0) is 0 Å². The van der Waals surface area contributed by atoms with Gasteiger partial charge in [0.2, 0.25) is 0 Å². The van der Waals surface area contributed by atoms with Gasteiger partial charge in [-0.3, -0.25) is 20.2 Å². The van der Waals surface area contributed by atoms with Gasteiger partial charge in [-0.1, -0.05) is 34.8 Å². The molecular weight excluding hydrogens is 473 g/mol. The van der Waals surface area contributed by atoms with Crippen molar-refractivity contribution in [1.82, 2.24) is 5.32 Å². The van der Waals surface area contributed by atoms with Gasteiger partial charge in [-0.15, -0.1) is 0 Å². The van der Waals surface area contributed by atoms with Crippen molar-refractivity contribution in [2.75, 3.05) is 5.32 Å². The summed E-state index contributed by atoms with van der Waals surface area (Å²) in [5, 5.41) is 17.0. The molecule has 0 aliphatic rings. The van der Waals surface area contributed by atoms with Crippen LogP contribution >= 0.6 is 47.0 Å². The lowest BCUT2D eigenvalue weighted by Gasteiger charge is -2.11. The second-order valence-electron chi connectivity index (χ2n) is 6.07. The van der Waals surface area contributed by atoms with Crippen LogP contribution in [0.5, 0.6) is 0 Å². The van der Waals surface area contributed by atoms with Crippen molar-refractivity contribution in [3.8, 4) is 11.3 Å². The summed E-state index contributed by atoms with van der Waals surface area (Å²) in [6.45, 7) is 1.64. The summed E-state index contributed by atoms with van der Waals surface area (Å²) in [5.74, 6) is -0.188. The zero-order valence-corrected chi connectivity index (χ0v) is 18.2. The summed E-state index contributed by atoms with van der Waals surface area (Å²) >= 11 is 23.1. The molecule has 0 fully saturated rings. The summed E-state index contributed by atoms with van der Waals surface area (Å²) in [5.41, 5.74) is 1.31. The number of nitro groups is 1. The van der Waals surface area contributed by atoms with E-state index in [9.17, 15) is 14.9 Å². The van der Waals surface area contributed by atoms with Gasteiger partial charge in [0.05, 0.1) is 9.95 Å². The van der Waals surface area contributed by atoms with Crippen LogP contribution in [0.25, 0.3) is 11.3 Å². The maximum absolute atomic E-state index is 12.4. The molecule has 154 valence electrons. The van der Waals surface area contributed by atoms with Crippen LogP contribution in [0, 0.1) is 17.0 Å². The first-order valence-corrected chi connectivity index (χ1v) is 9.82. The van der Waals surface area contributed by atoms with Crippen LogP contribution in [-0.4, -0.2) is 15.9 Å². The Hall–Kier alpha value is -2.65. The average molecular weight is 485 g/mol. The number of hydrogen-bond acceptors (Lipinski definition) is 5. The first-order valence-electron chi connectivity index (χ1n) is 8.28. The Bertz CT molecular complexity index is 1180. The Balaban J connectivity index is 1.71. The number of benzene rings is 2. The summed E-state index contributed by atoms with van der Waals surface area (Å²) in [6, 6.07) is 10.6. The van der Waals surface area contributed by atoms with Crippen LogP contribution in [0.3, 0.4) is 0 Å². The standard InChI is InChI=1S/C19H12Cl3N3O4S/c1-9-6-15(25(27)28)13(22)8-14(9)23-19(30)24-18(26)17-5-4-16(29-17)11-3-2-10(20)7-12(11)21/h2-8H,1H3,(H2,23,24,26,30). The second kappa shape index (κ2) is 9.01. The van der Waals surface area contributed by atoms with E-state index in [2.05, 4.69) is 10.6 Å². The number of hydrogen-bond donors (Lipinski definition) is 2. The van der Waals surface area contributed by atoms with Crippen molar-refractivity contribution >= 4 is 69.4 Å². The summed E-state index contributed by atoms with van der Waals surface area (Å²) in [4.78, 5) is 22.8. The van der Waals surface area contributed by atoms with E-state index >= 15 is 0 Å². The number of rotatable bonds is 4. The molecule has 2 N–H and O–H groups in total. The normalized spacial score (nSPS) is 10.5. The number of furan rings is 1. The van der Waals surface area contributed by atoms with Gasteiger partial charge in [-0.2, -0.15) is 0 Å². The monoisotopic (exact) mass is 483 g/mol. The molecule has 0 atom stereocenters. The number of halogens is 3. The number of nitrogens with one attached hydrogen (secondary N) is 2. The minimum Gasteiger partial charge on any atom is -0.451 e. The number of nitro benzene ring substituents is 1. The quantitative estimate of drug-likeness (QED) is 0.258. The van der Waals surface area contributed by atoms with Gasteiger partial charge in [0.25, 0.3) is 11.6 Å². The Morgan fingerprint density at radius 3 is 2.50 bits per heavy atom. The average Bonchev–Trinajstić information content (AvgIpc) is 3.14. The lowest BCUT2D eigenvalue weighted by molar-refractivity contribution is -0.384. The third-order valence-electron chi connectivity index (χ3n) is 3.99. The molecule has 0 saturated heterocycles. The molecule has 0 unspecified atom stereocenters. The predicted molar refractivity (Wildman–Crippen MR) is 121 cm³/mol. The van der Waals surface area contributed by atoms with Gasteiger partial charge in [0.15, 0.2) is 10.9 Å². The molecule has 1 aromatic heterocycles. The fourth-order valence-corrected chi connectivity index (χ4v) is 3.49. The molecule has 0 spiro atoms. The van der Waals surface area contributed by atoms with Crippen molar-refractivity contribution in [3.05, 3.63) is 79.0 Å². The minimum atomic E-state index is -0.588. The van der Waals surface area contributed by atoms with Crippen molar-refractivity contribution in [2.24, 2.45) is 0 Å². The Kier molecular flexibility index (Phi) is 6.62. The summed E-state index contributed by atoms with van der Waals surface area (Å²) in [7, 11) is 0. The molecule has 0 saturated carbocycles. The molecule has 1 amide bonds. The van der Waals surface area contributed by atoms with Crippen LogP contribution in [0.2, 0.25) is 15.1 Å². The van der Waals surface area contributed by atoms with E-state index in [4.69, 9.17) is 51.4 Å². The molecule has 0 aliphatic heterocycles. The van der Waals surface area contributed by atoms with E-state index in [0.717, 1.165) is 0 Å². The van der Waals surface area contributed by atoms with Crippen LogP contribution in [0.4, 0.5) is 11.4 Å². The molecule has 11 heteroatoms. The fourth-order valence-electron chi connectivity index (χ4n) is 2.55. The van der Waals surface area contributed by atoms with Crippen LogP contribution in [0.1, 0.15) is 16.1 Å². The number of nitrogens with zero attached hydrogens (tertiary/aromatic N) is 1. The lowest BCUT2D eigenvalue weighted by Crippen LogP contribution is -2.34. The highest BCUT2D eigenvalue weighted by atomic mass is 35.5. The number of carbonyl (C=O) groups excluding carboxylic acids is 1. The molecule has 3 aromatic rings. The highest BCUT2D eigenvalue weighted by Gasteiger charge is 2.18. The smallest absolute Gasteiger partial charge is 0.293 e. The largest absolute Gasteiger partial charge is 0.451 e. The van der Waals surface area contributed by atoms with Gasteiger partial charge in [-0.05, 0) is 61.1 Å². The van der Waals surface area contributed by atoms with Gasteiger partial charge >= 0.3 is 0 Å². The number of thiocarbonyl (C=S) groups is 1. The highest BCUT2D eigenvalue weighted by molar-refractivity contribution is 7.80. The molecule has 30 heavy (non-hydrogen) atoms. The number of carbonyl (C=O) groups is 1. The van der Waals surface area contributed by atoms with E-state index in [0.29, 0.717) is 32.6 Å². The van der Waals surface area contributed by atoms with Gasteiger partial charge in [0.1, 0.15) is 10.8 Å². The molecular formula is C19H12Cl3N3O4S. The highest BCUT2D eigenvalue weighted by Crippen LogP contribution is 2.32. The zero-order chi connectivity index (χ0) is 22.0. The van der Waals surface area contributed by atoms with E-state index in [1.165, 1.54) is 18.2 Å². The lowest BCUT2D eigenvalue weighted by atomic mass is 10.2. The fraction of sp³-hybridized carbons (Fsp3) is 0.0526. The molecule has 7 nitrogen and oxygen atoms in total. The summed E-state index contributed by atoms with van der Waals surface area (Å²) in [6.07, 6.45) is 0. The second-order valence-corrected chi connectivity index (χ2v) is 7.73. The van der Waals surface area contributed by atoms with E-state index in [1.54, 1.807) is 31.2 Å². The zero-order valence-electron chi connectivity index (χ0n) is 15.2. The molecule has 1 heterocycles. The van der Waals surface area contributed by atoms with E-state index in [-0.39, 0.29) is 21.6 Å². The summed E-state index contributed by atoms with van der Waals surface area (Å²) < 4.78 is 5.57. The molecule has 2 aromatic carbocycles. The van der Waals surface area contributed by atoms with Gasteiger partial charge in [-0.25, -0.2) is 0 Å². The maximum atomic E-state index is 12.4. The van der Waals surface area contributed by atoms with Crippen molar-refractivity contribution in [3.63, 3.8) is 0 Å². The third kappa shape index (κ3) is 4.91. The SMILES string of the molecule is Cc1cc([N+](=O)[O-])c(Cl)cc1NC(=S)NC(=O)c1ccc(-c2ccc(Cl)cc2Cl)o1. The molecule has 0 bridgehead atoms. The van der Waals surface area contributed by atoms with Crippen LogP contribution < -0.4 is 10.6 Å². The molecule has 0 aliphatic carbocycles. The Labute approximate surface area is 191 Å². The Morgan fingerprint density at radius 1 is 1.10 bits per heavy atom. The Morgan fingerprint density at radius 2 is 1.83 bits per heavy atom. The molecule has 3 rings (SSSR count). The van der Waals surface area contributed by atoms with Crippen molar-refractivity contribution in [1.29, 1.82) is 0 Å². The first kappa shape index (κ1) is 22.0. The van der Waals surface area contributed by atoms with Crippen LogP contribution in [0.15, 0.2) is 46.9 Å². The number of aryl methyl sites for hydroxylation is 1. The van der Waals surface area contributed by atoms with Crippen molar-refractivity contribution < 1.29 is 14.1 Å². The number of anilines is 1. The minimum absolute atomic E-state index is 0.0126. The van der Waals surface area contributed by atoms with E-state index in [1.807, 2.05) is 0 Å². The maximum Gasteiger partial charge on any atom is 0.293 e. The van der Waals surface area contributed by atoms with Gasteiger partial charge in [0, 0.05) is 22.3 Å². The predicted octanol–water partition coefficient (Wildman–Crippen LogP) is 6.25. The number of amides is 1. The van der Waals surface area contributed by atoms with Gasteiger partial charge < -0.3 is 9.73 Å².